The van der Waals surface area contributed by atoms with Gasteiger partial charge in [-0.3, -0.25) is 4.79 Å². The first-order valence-corrected chi connectivity index (χ1v) is 6.97. The van der Waals surface area contributed by atoms with Crippen LogP contribution in [-0.4, -0.2) is 31.8 Å². The molecule has 0 radical (unpaired) electrons. The third-order valence-corrected chi connectivity index (χ3v) is 3.66. The summed E-state index contributed by atoms with van der Waals surface area (Å²) in [5.74, 6) is 0.341. The van der Waals surface area contributed by atoms with Gasteiger partial charge in [0.25, 0.3) is 0 Å². The van der Waals surface area contributed by atoms with Crippen molar-refractivity contribution < 1.29 is 14.3 Å². The molecule has 2 atom stereocenters. The van der Waals surface area contributed by atoms with Crippen LogP contribution in [0.3, 0.4) is 0 Å². The van der Waals surface area contributed by atoms with Crippen LogP contribution in [0, 0.1) is 11.3 Å². The molecule has 0 aromatic rings. The molecule has 106 valence electrons. The van der Waals surface area contributed by atoms with Gasteiger partial charge >= 0.3 is 5.97 Å². The van der Waals surface area contributed by atoms with Crippen molar-refractivity contribution in [3.8, 4) is 0 Å². The van der Waals surface area contributed by atoms with Gasteiger partial charge in [-0.2, -0.15) is 0 Å². The van der Waals surface area contributed by atoms with Crippen LogP contribution in [0.25, 0.3) is 0 Å². The van der Waals surface area contributed by atoms with Crippen molar-refractivity contribution in [1.82, 2.24) is 0 Å². The van der Waals surface area contributed by atoms with E-state index in [1.54, 1.807) is 0 Å². The molecule has 2 N–H and O–H groups in total. The maximum atomic E-state index is 12.1. The van der Waals surface area contributed by atoms with E-state index in [2.05, 4.69) is 13.8 Å². The zero-order valence-corrected chi connectivity index (χ0v) is 11.9. The molecule has 18 heavy (non-hydrogen) atoms. The molecule has 4 heteroatoms. The molecule has 4 nitrogen and oxygen atoms in total. The largest absolute Gasteiger partial charge is 0.463 e. The zero-order valence-electron chi connectivity index (χ0n) is 11.9. The molecule has 1 rings (SSSR count). The summed E-state index contributed by atoms with van der Waals surface area (Å²) in [6.07, 6.45) is 3.92. The second-order valence-corrected chi connectivity index (χ2v) is 5.87. The van der Waals surface area contributed by atoms with E-state index in [1.165, 1.54) is 0 Å². The van der Waals surface area contributed by atoms with E-state index >= 15 is 0 Å². The Morgan fingerprint density at radius 3 is 2.72 bits per heavy atom. The van der Waals surface area contributed by atoms with Crippen molar-refractivity contribution in [2.24, 2.45) is 17.1 Å². The van der Waals surface area contributed by atoms with Gasteiger partial charge in [-0.1, -0.05) is 26.7 Å². The highest BCUT2D eigenvalue weighted by molar-refractivity contribution is 5.77. The summed E-state index contributed by atoms with van der Waals surface area (Å²) < 4.78 is 10.7. The molecule has 1 saturated carbocycles. The average molecular weight is 257 g/mol. The Bertz CT molecular complexity index is 268. The van der Waals surface area contributed by atoms with Crippen LogP contribution in [0.2, 0.25) is 0 Å². The first kappa shape index (κ1) is 15.4. The van der Waals surface area contributed by atoms with Gasteiger partial charge in [-0.25, -0.2) is 0 Å². The Labute approximate surface area is 110 Å². The summed E-state index contributed by atoms with van der Waals surface area (Å²) in [6, 6.07) is -0.0738. The van der Waals surface area contributed by atoms with E-state index in [0.29, 0.717) is 25.7 Å². The fourth-order valence-corrected chi connectivity index (χ4v) is 2.29. The van der Waals surface area contributed by atoms with Crippen molar-refractivity contribution in [2.75, 3.05) is 19.8 Å². The second-order valence-electron chi connectivity index (χ2n) is 5.87. The highest BCUT2D eigenvalue weighted by atomic mass is 16.6. The zero-order chi connectivity index (χ0) is 13.6. The van der Waals surface area contributed by atoms with E-state index < -0.39 is 5.41 Å². The lowest BCUT2D eigenvalue weighted by Crippen LogP contribution is -2.48. The maximum Gasteiger partial charge on any atom is 0.313 e. The van der Waals surface area contributed by atoms with Crippen LogP contribution in [0.5, 0.6) is 0 Å². The molecule has 2 unspecified atom stereocenters. The van der Waals surface area contributed by atoms with Gasteiger partial charge in [0.1, 0.15) is 6.61 Å². The number of ether oxygens (including phenoxy) is 2. The van der Waals surface area contributed by atoms with E-state index in [0.717, 1.165) is 25.7 Å². The lowest BCUT2D eigenvalue weighted by atomic mass is 9.72. The van der Waals surface area contributed by atoms with Gasteiger partial charge < -0.3 is 15.2 Å². The predicted octanol–water partition coefficient (Wildman–Crippen LogP) is 2.11. The van der Waals surface area contributed by atoms with E-state index in [1.807, 2.05) is 6.92 Å². The van der Waals surface area contributed by atoms with Crippen molar-refractivity contribution in [1.29, 1.82) is 0 Å². The highest BCUT2D eigenvalue weighted by Crippen LogP contribution is 2.36. The normalized spacial score (nSPS) is 28.4. The van der Waals surface area contributed by atoms with Gasteiger partial charge in [-0.15, -0.1) is 0 Å². The molecule has 0 aliphatic heterocycles. The number of nitrogens with two attached hydrogens (primary N) is 1. The molecule has 1 fully saturated rings. The van der Waals surface area contributed by atoms with Crippen LogP contribution < -0.4 is 5.73 Å². The standard InChI is InChI=1S/C14H27NO3/c1-11(2)10-17-8-9-18-13(16)14(3)7-5-4-6-12(14)15/h11-12H,4-10,15H2,1-3H3. The van der Waals surface area contributed by atoms with Crippen LogP contribution in [-0.2, 0) is 14.3 Å². The third-order valence-electron chi connectivity index (χ3n) is 3.66. The molecule has 1 aliphatic rings. The molecular weight excluding hydrogens is 230 g/mol. The Morgan fingerprint density at radius 1 is 1.39 bits per heavy atom. The van der Waals surface area contributed by atoms with Gasteiger partial charge in [0.05, 0.1) is 12.0 Å². The van der Waals surface area contributed by atoms with Gasteiger partial charge in [0.2, 0.25) is 0 Å². The molecule has 0 bridgehead atoms. The molecule has 0 heterocycles. The number of hydrogen-bond acceptors (Lipinski definition) is 4. The van der Waals surface area contributed by atoms with Crippen LogP contribution in [0.1, 0.15) is 46.5 Å². The van der Waals surface area contributed by atoms with E-state index in [-0.39, 0.29) is 12.0 Å². The fraction of sp³-hybridized carbons (Fsp3) is 0.929. The molecule has 0 amide bonds. The Balaban J connectivity index is 2.27. The SMILES string of the molecule is CC(C)COCCOC(=O)C1(C)CCCCC1N. The summed E-state index contributed by atoms with van der Waals surface area (Å²) in [5.41, 5.74) is 5.55. The lowest BCUT2D eigenvalue weighted by molar-refractivity contribution is -0.159. The molecule has 0 aromatic carbocycles. The van der Waals surface area contributed by atoms with Gasteiger partial charge in [0.15, 0.2) is 0 Å². The third kappa shape index (κ3) is 4.25. The molecule has 0 aromatic heterocycles. The highest BCUT2D eigenvalue weighted by Gasteiger charge is 2.42. The fourth-order valence-electron chi connectivity index (χ4n) is 2.29. The van der Waals surface area contributed by atoms with Crippen molar-refractivity contribution in [3.05, 3.63) is 0 Å². The summed E-state index contributed by atoms with van der Waals surface area (Å²) in [5, 5.41) is 0. The van der Waals surface area contributed by atoms with E-state index in [4.69, 9.17) is 15.2 Å². The lowest BCUT2D eigenvalue weighted by Gasteiger charge is -2.36. The minimum absolute atomic E-state index is 0.0738. The molecule has 0 spiro atoms. The molecule has 1 aliphatic carbocycles. The van der Waals surface area contributed by atoms with Gasteiger partial charge in [-0.05, 0) is 25.7 Å². The minimum Gasteiger partial charge on any atom is -0.463 e. The predicted molar refractivity (Wildman–Crippen MR) is 71.2 cm³/mol. The van der Waals surface area contributed by atoms with Crippen molar-refractivity contribution in [3.63, 3.8) is 0 Å². The van der Waals surface area contributed by atoms with Crippen LogP contribution in [0.15, 0.2) is 0 Å². The maximum absolute atomic E-state index is 12.1. The Morgan fingerprint density at radius 2 is 2.11 bits per heavy atom. The number of esters is 1. The Kier molecular flexibility index (Phi) is 6.09. The average Bonchev–Trinajstić information content (AvgIpc) is 2.32. The van der Waals surface area contributed by atoms with Crippen molar-refractivity contribution >= 4 is 5.97 Å². The summed E-state index contributed by atoms with van der Waals surface area (Å²) >= 11 is 0. The first-order valence-electron chi connectivity index (χ1n) is 6.97. The monoisotopic (exact) mass is 257 g/mol. The topological polar surface area (TPSA) is 61.5 Å². The summed E-state index contributed by atoms with van der Waals surface area (Å²) in [4.78, 5) is 12.1. The van der Waals surface area contributed by atoms with Crippen LogP contribution in [0.4, 0.5) is 0 Å². The van der Waals surface area contributed by atoms with E-state index in [9.17, 15) is 4.79 Å². The Hall–Kier alpha value is -0.610. The number of hydrogen-bond donors (Lipinski definition) is 1. The van der Waals surface area contributed by atoms with Crippen LogP contribution >= 0.6 is 0 Å². The smallest absolute Gasteiger partial charge is 0.313 e. The number of carbonyl (C=O) groups excluding carboxylic acids is 1. The quantitative estimate of drug-likeness (QED) is 0.585. The second kappa shape index (κ2) is 7.10. The van der Waals surface area contributed by atoms with Gasteiger partial charge in [0, 0.05) is 12.6 Å². The number of rotatable bonds is 6. The summed E-state index contributed by atoms with van der Waals surface area (Å²) in [7, 11) is 0. The minimum atomic E-state index is -0.504. The molecule has 0 saturated heterocycles. The molecular formula is C14H27NO3. The first-order chi connectivity index (χ1) is 8.47. The number of carbonyl (C=O) groups is 1. The summed E-state index contributed by atoms with van der Waals surface area (Å²) in [6.45, 7) is 7.60. The van der Waals surface area contributed by atoms with Crippen molar-refractivity contribution in [2.45, 2.75) is 52.5 Å².